The Balaban J connectivity index is 1.63. The van der Waals surface area contributed by atoms with Gasteiger partial charge in [-0.2, -0.15) is 0 Å². The lowest BCUT2D eigenvalue weighted by Gasteiger charge is -2.22. The number of amides is 1. The molecule has 0 unspecified atom stereocenters. The fourth-order valence-corrected chi connectivity index (χ4v) is 4.35. The molecule has 0 aromatic carbocycles. The first kappa shape index (κ1) is 15.6. The van der Waals surface area contributed by atoms with Crippen LogP contribution >= 0.6 is 22.7 Å². The molecule has 0 aliphatic carbocycles. The number of fused-ring (bicyclic) bond motifs is 1. The van der Waals surface area contributed by atoms with E-state index in [-0.39, 0.29) is 17.4 Å². The number of nitrogens with zero attached hydrogens (tertiary/aromatic N) is 1. The molecule has 1 aliphatic rings. The summed E-state index contributed by atoms with van der Waals surface area (Å²) < 4.78 is 5.76. The van der Waals surface area contributed by atoms with Gasteiger partial charge in [-0.1, -0.05) is 20.8 Å². The van der Waals surface area contributed by atoms with E-state index in [1.807, 2.05) is 5.38 Å². The molecular formula is C16H20N2O2S2. The standard InChI is InChI=1S/C16H20N2O2S2/c1-16(2,3)12-9-22-15(17-12)18-13(19)8-11-14-10(4-6-20-11)5-7-21-14/h5,7,9,11H,4,6,8H2,1-3H3,(H,17,18,19)/t11-/m0/s1. The number of hydrogen-bond donors (Lipinski definition) is 1. The van der Waals surface area contributed by atoms with E-state index < -0.39 is 0 Å². The average molecular weight is 336 g/mol. The largest absolute Gasteiger partial charge is 0.372 e. The average Bonchev–Trinajstić information content (AvgIpc) is 3.06. The van der Waals surface area contributed by atoms with Crippen LogP contribution in [0, 0.1) is 0 Å². The second-order valence-corrected chi connectivity index (χ2v) is 8.27. The van der Waals surface area contributed by atoms with Crippen LogP contribution in [0.15, 0.2) is 16.8 Å². The van der Waals surface area contributed by atoms with Gasteiger partial charge < -0.3 is 10.1 Å². The molecule has 0 fully saturated rings. The zero-order chi connectivity index (χ0) is 15.7. The van der Waals surface area contributed by atoms with Crippen molar-refractivity contribution in [1.29, 1.82) is 0 Å². The summed E-state index contributed by atoms with van der Waals surface area (Å²) in [7, 11) is 0. The van der Waals surface area contributed by atoms with E-state index in [2.05, 4.69) is 42.5 Å². The van der Waals surface area contributed by atoms with Crippen molar-refractivity contribution in [2.75, 3.05) is 11.9 Å². The molecule has 2 aromatic heterocycles. The van der Waals surface area contributed by atoms with Gasteiger partial charge in [0.25, 0.3) is 0 Å². The maximum Gasteiger partial charge on any atom is 0.229 e. The van der Waals surface area contributed by atoms with Crippen molar-refractivity contribution < 1.29 is 9.53 Å². The molecule has 3 heterocycles. The zero-order valence-electron chi connectivity index (χ0n) is 13.0. The molecule has 6 heteroatoms. The summed E-state index contributed by atoms with van der Waals surface area (Å²) in [6, 6.07) is 2.13. The molecule has 0 spiro atoms. The van der Waals surface area contributed by atoms with Gasteiger partial charge in [0.1, 0.15) is 6.10 Å². The Kier molecular flexibility index (Phi) is 4.34. The van der Waals surface area contributed by atoms with E-state index in [4.69, 9.17) is 4.74 Å². The number of hydrogen-bond acceptors (Lipinski definition) is 5. The highest BCUT2D eigenvalue weighted by Gasteiger charge is 2.25. The van der Waals surface area contributed by atoms with Crippen molar-refractivity contribution in [1.82, 2.24) is 4.98 Å². The lowest BCUT2D eigenvalue weighted by Crippen LogP contribution is -2.21. The highest BCUT2D eigenvalue weighted by Crippen LogP contribution is 2.34. The van der Waals surface area contributed by atoms with E-state index in [9.17, 15) is 4.79 Å². The molecule has 118 valence electrons. The van der Waals surface area contributed by atoms with Crippen LogP contribution in [0.2, 0.25) is 0 Å². The predicted octanol–water partition coefficient (Wildman–Crippen LogP) is 4.14. The summed E-state index contributed by atoms with van der Waals surface area (Å²) in [5.41, 5.74) is 2.32. The molecule has 0 bridgehead atoms. The number of nitrogens with one attached hydrogen (secondary N) is 1. The first-order valence-electron chi connectivity index (χ1n) is 7.37. The zero-order valence-corrected chi connectivity index (χ0v) is 14.6. The van der Waals surface area contributed by atoms with Crippen molar-refractivity contribution in [3.63, 3.8) is 0 Å². The van der Waals surface area contributed by atoms with Crippen molar-refractivity contribution in [3.05, 3.63) is 33.0 Å². The first-order valence-corrected chi connectivity index (χ1v) is 9.13. The predicted molar refractivity (Wildman–Crippen MR) is 90.8 cm³/mol. The normalized spacial score (nSPS) is 18.0. The molecule has 1 atom stereocenters. The van der Waals surface area contributed by atoms with Crippen molar-refractivity contribution >= 4 is 33.7 Å². The van der Waals surface area contributed by atoms with E-state index in [0.717, 1.165) is 12.1 Å². The number of carbonyl (C=O) groups is 1. The molecule has 1 N–H and O–H groups in total. The Morgan fingerprint density at radius 3 is 3.00 bits per heavy atom. The maximum atomic E-state index is 12.3. The fourth-order valence-electron chi connectivity index (χ4n) is 2.39. The number of thiophene rings is 1. The summed E-state index contributed by atoms with van der Waals surface area (Å²) in [5, 5.41) is 7.64. The molecule has 0 saturated heterocycles. The lowest BCUT2D eigenvalue weighted by atomic mass is 9.93. The minimum absolute atomic E-state index is 0.00215. The monoisotopic (exact) mass is 336 g/mol. The summed E-state index contributed by atoms with van der Waals surface area (Å²) in [6.07, 6.45) is 1.17. The van der Waals surface area contributed by atoms with Gasteiger partial charge in [-0.25, -0.2) is 4.98 Å². The van der Waals surface area contributed by atoms with Gasteiger partial charge in [0.2, 0.25) is 5.91 Å². The van der Waals surface area contributed by atoms with Gasteiger partial charge >= 0.3 is 0 Å². The van der Waals surface area contributed by atoms with Crippen LogP contribution in [0.3, 0.4) is 0 Å². The van der Waals surface area contributed by atoms with E-state index in [1.165, 1.54) is 21.8 Å². The highest BCUT2D eigenvalue weighted by molar-refractivity contribution is 7.14. The molecular weight excluding hydrogens is 316 g/mol. The molecule has 0 radical (unpaired) electrons. The van der Waals surface area contributed by atoms with Crippen LogP contribution < -0.4 is 5.32 Å². The highest BCUT2D eigenvalue weighted by atomic mass is 32.1. The fraction of sp³-hybridized carbons (Fsp3) is 0.500. The SMILES string of the molecule is CC(C)(C)c1csc(NC(=O)C[C@@H]2OCCc3ccsc32)n1. The van der Waals surface area contributed by atoms with Gasteiger partial charge in [-0.05, 0) is 23.4 Å². The Labute approximate surface area is 138 Å². The second-order valence-electron chi connectivity index (χ2n) is 6.46. The Morgan fingerprint density at radius 2 is 2.27 bits per heavy atom. The van der Waals surface area contributed by atoms with Crippen LogP contribution in [0.4, 0.5) is 5.13 Å². The third-order valence-corrected chi connectivity index (χ3v) is 5.46. The number of aromatic nitrogens is 1. The maximum absolute atomic E-state index is 12.3. The van der Waals surface area contributed by atoms with Crippen molar-refractivity contribution in [3.8, 4) is 0 Å². The van der Waals surface area contributed by atoms with Gasteiger partial charge in [-0.3, -0.25) is 4.79 Å². The lowest BCUT2D eigenvalue weighted by molar-refractivity contribution is -0.119. The van der Waals surface area contributed by atoms with Crippen LogP contribution in [-0.4, -0.2) is 17.5 Å². The number of anilines is 1. The summed E-state index contributed by atoms with van der Waals surface area (Å²) in [6.45, 7) is 7.03. The topological polar surface area (TPSA) is 51.2 Å². The molecule has 1 amide bonds. The number of rotatable bonds is 3. The molecule has 1 aliphatic heterocycles. The van der Waals surface area contributed by atoms with Crippen LogP contribution in [0.1, 0.15) is 49.4 Å². The number of carbonyl (C=O) groups excluding carboxylic acids is 1. The first-order chi connectivity index (χ1) is 10.4. The Hall–Kier alpha value is -1.24. The van der Waals surface area contributed by atoms with E-state index in [1.54, 1.807) is 11.3 Å². The quantitative estimate of drug-likeness (QED) is 0.916. The van der Waals surface area contributed by atoms with Crippen LogP contribution in [-0.2, 0) is 21.4 Å². The van der Waals surface area contributed by atoms with Gasteiger partial charge in [0, 0.05) is 15.7 Å². The third-order valence-electron chi connectivity index (χ3n) is 3.65. The summed E-state index contributed by atoms with van der Waals surface area (Å²) >= 11 is 3.14. The number of thiazole rings is 1. The smallest absolute Gasteiger partial charge is 0.229 e. The van der Waals surface area contributed by atoms with Crippen molar-refractivity contribution in [2.24, 2.45) is 0 Å². The molecule has 0 saturated carbocycles. The van der Waals surface area contributed by atoms with Crippen LogP contribution in [0.5, 0.6) is 0 Å². The minimum atomic E-state index is -0.120. The minimum Gasteiger partial charge on any atom is -0.372 e. The molecule has 3 rings (SSSR count). The molecule has 2 aromatic rings. The Morgan fingerprint density at radius 1 is 1.45 bits per heavy atom. The molecule has 22 heavy (non-hydrogen) atoms. The van der Waals surface area contributed by atoms with E-state index in [0.29, 0.717) is 18.2 Å². The summed E-state index contributed by atoms with van der Waals surface area (Å²) in [5.74, 6) is -0.0407. The molecule has 4 nitrogen and oxygen atoms in total. The number of ether oxygens (including phenoxy) is 1. The summed E-state index contributed by atoms with van der Waals surface area (Å²) in [4.78, 5) is 17.9. The van der Waals surface area contributed by atoms with Gasteiger partial charge in [-0.15, -0.1) is 22.7 Å². The van der Waals surface area contributed by atoms with E-state index >= 15 is 0 Å². The third kappa shape index (κ3) is 3.39. The second kappa shape index (κ2) is 6.10. The Bertz CT molecular complexity index is 670. The van der Waals surface area contributed by atoms with Crippen LogP contribution in [0.25, 0.3) is 0 Å². The van der Waals surface area contributed by atoms with Gasteiger partial charge in [0.15, 0.2) is 5.13 Å². The van der Waals surface area contributed by atoms with Gasteiger partial charge in [0.05, 0.1) is 18.7 Å². The van der Waals surface area contributed by atoms with Crippen molar-refractivity contribution in [2.45, 2.75) is 45.1 Å².